The van der Waals surface area contributed by atoms with E-state index in [2.05, 4.69) is 4.72 Å². The second kappa shape index (κ2) is 14.4. The van der Waals surface area contributed by atoms with Gasteiger partial charge in [0.2, 0.25) is 10.0 Å². The largest absolute Gasteiger partial charge is 0.490 e. The van der Waals surface area contributed by atoms with Crippen LogP contribution in [0.5, 0.6) is 11.5 Å². The number of hydrogen-bond donors (Lipinski definition) is 1. The Morgan fingerprint density at radius 1 is 0.897 bits per heavy atom. The molecule has 39 heavy (non-hydrogen) atoms. The van der Waals surface area contributed by atoms with Crippen molar-refractivity contribution in [3.8, 4) is 11.5 Å². The van der Waals surface area contributed by atoms with E-state index in [4.69, 9.17) is 53.8 Å². The second-order valence-corrected chi connectivity index (χ2v) is 12.2. The highest BCUT2D eigenvalue weighted by Crippen LogP contribution is 2.40. The zero-order valence-electron chi connectivity index (χ0n) is 22.3. The molecule has 0 bridgehead atoms. The summed E-state index contributed by atoms with van der Waals surface area (Å²) in [6.45, 7) is 6.37. The predicted octanol–water partition coefficient (Wildman–Crippen LogP) is 4.73. The van der Waals surface area contributed by atoms with Gasteiger partial charge < -0.3 is 18.9 Å². The van der Waals surface area contributed by atoms with E-state index in [0.717, 1.165) is 17.4 Å². The highest BCUT2D eigenvalue weighted by molar-refractivity contribution is 7.88. The van der Waals surface area contributed by atoms with E-state index in [0.29, 0.717) is 15.8 Å². The Kier molecular flexibility index (Phi) is 12.2. The molecule has 0 saturated heterocycles. The first kappa shape index (κ1) is 33.0. The standard InChI is InChI=1S/C26H32Cl3NO8S/c1-16(31)37-21(12-27)14-36-25-23(28)10-19(11-24(25)29)26(3,4)18-6-8-20(9-7-18)35-15-22(38-17(2)32)13-30-39(5,33)34/h6-11,21-22,30H,12-15H2,1-5H3/t21-,22-/m1/s1. The quantitative estimate of drug-likeness (QED) is 0.237. The first-order valence-corrected chi connectivity index (χ1v) is 15.0. The van der Waals surface area contributed by atoms with Gasteiger partial charge in [-0.2, -0.15) is 0 Å². The van der Waals surface area contributed by atoms with Gasteiger partial charge in [-0.3, -0.25) is 9.59 Å². The summed E-state index contributed by atoms with van der Waals surface area (Å²) in [5, 5.41) is 0.585. The number of sulfonamides is 1. The van der Waals surface area contributed by atoms with Crippen molar-refractivity contribution in [2.45, 2.75) is 45.3 Å². The van der Waals surface area contributed by atoms with Crippen LogP contribution < -0.4 is 14.2 Å². The number of carbonyl (C=O) groups excluding carboxylic acids is 2. The van der Waals surface area contributed by atoms with Crippen molar-refractivity contribution in [1.82, 2.24) is 4.72 Å². The molecule has 2 aromatic carbocycles. The van der Waals surface area contributed by atoms with E-state index in [1.165, 1.54) is 13.8 Å². The Hall–Kier alpha value is -2.24. The number of nitrogens with one attached hydrogen (secondary N) is 1. The third-order valence-corrected chi connectivity index (χ3v) is 7.15. The molecule has 2 aromatic rings. The van der Waals surface area contributed by atoms with Crippen LogP contribution in [0.25, 0.3) is 0 Å². The SMILES string of the molecule is CC(=O)O[C@H](CNS(C)(=O)=O)COc1ccc(C(C)(C)c2cc(Cl)c(OC[C@@H](CCl)OC(C)=O)c(Cl)c2)cc1. The molecule has 9 nitrogen and oxygen atoms in total. The highest BCUT2D eigenvalue weighted by Gasteiger charge is 2.26. The normalized spacial score (nSPS) is 13.3. The number of alkyl halides is 1. The van der Waals surface area contributed by atoms with Crippen molar-refractivity contribution in [3.63, 3.8) is 0 Å². The van der Waals surface area contributed by atoms with Crippen LogP contribution in [0.15, 0.2) is 36.4 Å². The van der Waals surface area contributed by atoms with Gasteiger partial charge in [0.15, 0.2) is 5.75 Å². The van der Waals surface area contributed by atoms with Crippen LogP contribution in [-0.2, 0) is 34.5 Å². The Morgan fingerprint density at radius 3 is 1.90 bits per heavy atom. The Labute approximate surface area is 244 Å². The minimum Gasteiger partial charge on any atom is -0.490 e. The molecular weight excluding hydrogens is 593 g/mol. The molecule has 0 fully saturated rings. The summed E-state index contributed by atoms with van der Waals surface area (Å²) in [6.07, 6.45) is -0.427. The van der Waals surface area contributed by atoms with E-state index in [1.807, 2.05) is 26.0 Å². The molecule has 0 spiro atoms. The van der Waals surface area contributed by atoms with Crippen molar-refractivity contribution in [2.75, 3.05) is 31.9 Å². The molecule has 2 atom stereocenters. The monoisotopic (exact) mass is 623 g/mol. The van der Waals surface area contributed by atoms with Gasteiger partial charge in [0, 0.05) is 19.3 Å². The van der Waals surface area contributed by atoms with Gasteiger partial charge in [0.05, 0.1) is 28.7 Å². The number of esters is 2. The van der Waals surface area contributed by atoms with Crippen molar-refractivity contribution < 1.29 is 37.0 Å². The maximum Gasteiger partial charge on any atom is 0.303 e. The molecule has 0 aliphatic heterocycles. The number of carbonyl (C=O) groups is 2. The molecule has 13 heteroatoms. The van der Waals surface area contributed by atoms with Crippen LogP contribution in [0, 0.1) is 0 Å². The van der Waals surface area contributed by atoms with Gasteiger partial charge in [0.1, 0.15) is 31.2 Å². The zero-order valence-corrected chi connectivity index (χ0v) is 25.3. The lowest BCUT2D eigenvalue weighted by atomic mass is 9.78. The third kappa shape index (κ3) is 10.7. The zero-order chi connectivity index (χ0) is 29.4. The molecule has 0 saturated carbocycles. The number of ether oxygens (including phenoxy) is 4. The lowest BCUT2D eigenvalue weighted by molar-refractivity contribution is -0.148. The highest BCUT2D eigenvalue weighted by atomic mass is 35.5. The van der Waals surface area contributed by atoms with Gasteiger partial charge in [-0.15, -0.1) is 11.6 Å². The average molecular weight is 625 g/mol. The van der Waals surface area contributed by atoms with E-state index in [-0.39, 0.29) is 31.4 Å². The number of hydrogen-bond acceptors (Lipinski definition) is 8. The lowest BCUT2D eigenvalue weighted by Crippen LogP contribution is -2.37. The van der Waals surface area contributed by atoms with Crippen LogP contribution in [0.3, 0.4) is 0 Å². The minimum absolute atomic E-state index is 0.00461. The molecule has 0 aliphatic rings. The number of halogens is 3. The van der Waals surface area contributed by atoms with Crippen LogP contribution in [0.1, 0.15) is 38.8 Å². The molecule has 0 radical (unpaired) electrons. The first-order valence-electron chi connectivity index (χ1n) is 11.8. The molecule has 1 N–H and O–H groups in total. The summed E-state index contributed by atoms with van der Waals surface area (Å²) in [5.74, 6) is -0.193. The van der Waals surface area contributed by atoms with Crippen LogP contribution in [0.2, 0.25) is 10.0 Å². The molecular formula is C26H32Cl3NO8S. The van der Waals surface area contributed by atoms with Gasteiger partial charge in [0.25, 0.3) is 0 Å². The van der Waals surface area contributed by atoms with Gasteiger partial charge in [-0.1, -0.05) is 49.2 Å². The molecule has 0 aromatic heterocycles. The van der Waals surface area contributed by atoms with Gasteiger partial charge in [-0.05, 0) is 35.4 Å². The van der Waals surface area contributed by atoms with Crippen molar-refractivity contribution in [2.24, 2.45) is 0 Å². The smallest absolute Gasteiger partial charge is 0.303 e. The van der Waals surface area contributed by atoms with Crippen molar-refractivity contribution in [1.29, 1.82) is 0 Å². The minimum atomic E-state index is -3.45. The number of rotatable bonds is 14. The molecule has 0 unspecified atom stereocenters. The topological polar surface area (TPSA) is 117 Å². The van der Waals surface area contributed by atoms with Crippen LogP contribution in [0.4, 0.5) is 0 Å². The lowest BCUT2D eigenvalue weighted by Gasteiger charge is -2.27. The van der Waals surface area contributed by atoms with Crippen LogP contribution >= 0.6 is 34.8 Å². The Bertz CT molecular complexity index is 1230. The van der Waals surface area contributed by atoms with Crippen molar-refractivity contribution in [3.05, 3.63) is 57.6 Å². The predicted molar refractivity (Wildman–Crippen MR) is 151 cm³/mol. The van der Waals surface area contributed by atoms with Crippen LogP contribution in [-0.4, -0.2) is 64.5 Å². The summed E-state index contributed by atoms with van der Waals surface area (Å²) >= 11 is 18.8. The third-order valence-electron chi connectivity index (χ3n) is 5.56. The molecule has 0 amide bonds. The maximum atomic E-state index is 11.4. The van der Waals surface area contributed by atoms with E-state index >= 15 is 0 Å². The van der Waals surface area contributed by atoms with Gasteiger partial charge in [-0.25, -0.2) is 13.1 Å². The summed E-state index contributed by atoms with van der Waals surface area (Å²) in [4.78, 5) is 22.6. The van der Waals surface area contributed by atoms with E-state index in [9.17, 15) is 18.0 Å². The fourth-order valence-electron chi connectivity index (χ4n) is 3.52. The molecule has 0 aliphatic carbocycles. The maximum absolute atomic E-state index is 11.4. The molecule has 216 valence electrons. The van der Waals surface area contributed by atoms with E-state index in [1.54, 1.807) is 24.3 Å². The Morgan fingerprint density at radius 2 is 1.41 bits per heavy atom. The Balaban J connectivity index is 2.13. The molecule has 2 rings (SSSR count). The fourth-order valence-corrected chi connectivity index (χ4v) is 4.75. The van der Waals surface area contributed by atoms with Gasteiger partial charge >= 0.3 is 11.9 Å². The summed E-state index contributed by atoms with van der Waals surface area (Å²) in [5.41, 5.74) is 1.25. The summed E-state index contributed by atoms with van der Waals surface area (Å²) in [7, 11) is -3.45. The summed E-state index contributed by atoms with van der Waals surface area (Å²) in [6, 6.07) is 10.8. The first-order chi connectivity index (χ1) is 18.1. The summed E-state index contributed by atoms with van der Waals surface area (Å²) < 4.78 is 46.7. The van der Waals surface area contributed by atoms with Crippen molar-refractivity contribution >= 4 is 56.8 Å². The molecule has 0 heterocycles. The number of benzene rings is 2. The average Bonchev–Trinajstić information content (AvgIpc) is 2.83. The second-order valence-electron chi connectivity index (χ2n) is 9.28. The van der Waals surface area contributed by atoms with E-state index < -0.39 is 39.6 Å². The fraction of sp³-hybridized carbons (Fsp3) is 0.462.